The molecule has 1 amide bonds. The summed E-state index contributed by atoms with van der Waals surface area (Å²) in [7, 11) is 1.62. The van der Waals surface area contributed by atoms with Crippen LogP contribution in [0.2, 0.25) is 5.02 Å². The van der Waals surface area contributed by atoms with Crippen molar-refractivity contribution in [3.63, 3.8) is 0 Å². The van der Waals surface area contributed by atoms with Crippen LogP contribution in [-0.4, -0.2) is 31.4 Å². The second-order valence-corrected chi connectivity index (χ2v) is 6.93. The molecule has 4 nitrogen and oxygen atoms in total. The van der Waals surface area contributed by atoms with Gasteiger partial charge in [-0.05, 0) is 42.8 Å². The van der Waals surface area contributed by atoms with E-state index in [0.717, 1.165) is 22.1 Å². The monoisotopic (exact) mass is 379 g/mol. The average molecular weight is 380 g/mol. The number of thioether (sulfide) groups is 1. The first-order chi connectivity index (χ1) is 12.1. The second kappa shape index (κ2) is 10.2. The maximum absolute atomic E-state index is 12.0. The average Bonchev–Trinajstić information content (AvgIpc) is 2.62. The lowest BCUT2D eigenvalue weighted by Crippen LogP contribution is -2.37. The van der Waals surface area contributed by atoms with E-state index in [1.807, 2.05) is 55.5 Å². The normalized spacial score (nSPS) is 11.6. The lowest BCUT2D eigenvalue weighted by atomic mass is 10.2. The standard InChI is InChI=1S/C19H22ClNO3S/c1-14(11-24-17-9-7-16(23-2)8-10-17)21-19(22)13-25-12-15-5-3-4-6-18(15)20/h3-10,14H,11-13H2,1-2H3,(H,21,22)/t14-/m1/s1. The van der Waals surface area contributed by atoms with Crippen molar-refractivity contribution in [2.45, 2.75) is 18.7 Å². The molecule has 0 heterocycles. The van der Waals surface area contributed by atoms with E-state index in [0.29, 0.717) is 18.1 Å². The van der Waals surface area contributed by atoms with Gasteiger partial charge in [0, 0.05) is 10.8 Å². The van der Waals surface area contributed by atoms with Gasteiger partial charge >= 0.3 is 0 Å². The maximum Gasteiger partial charge on any atom is 0.230 e. The lowest BCUT2D eigenvalue weighted by molar-refractivity contribution is -0.119. The number of hydrogen-bond donors (Lipinski definition) is 1. The van der Waals surface area contributed by atoms with Crippen molar-refractivity contribution in [3.05, 3.63) is 59.1 Å². The minimum Gasteiger partial charge on any atom is -0.497 e. The SMILES string of the molecule is COc1ccc(OC[C@@H](C)NC(=O)CSCc2ccccc2Cl)cc1. The van der Waals surface area contributed by atoms with Crippen LogP contribution in [0.3, 0.4) is 0 Å². The number of nitrogens with one attached hydrogen (secondary N) is 1. The Morgan fingerprint density at radius 2 is 1.84 bits per heavy atom. The Bertz CT molecular complexity index is 679. The third-order valence-electron chi connectivity index (χ3n) is 3.42. The predicted molar refractivity (Wildman–Crippen MR) is 104 cm³/mol. The van der Waals surface area contributed by atoms with Crippen LogP contribution in [0.25, 0.3) is 0 Å². The van der Waals surface area contributed by atoms with E-state index >= 15 is 0 Å². The van der Waals surface area contributed by atoms with Gasteiger partial charge in [0.1, 0.15) is 18.1 Å². The van der Waals surface area contributed by atoms with Crippen molar-refractivity contribution in [2.75, 3.05) is 19.5 Å². The van der Waals surface area contributed by atoms with Gasteiger partial charge in [0.2, 0.25) is 5.91 Å². The van der Waals surface area contributed by atoms with Gasteiger partial charge in [0.05, 0.1) is 18.9 Å². The summed E-state index contributed by atoms with van der Waals surface area (Å²) in [5.41, 5.74) is 1.04. The highest BCUT2D eigenvalue weighted by Gasteiger charge is 2.09. The molecule has 1 atom stereocenters. The van der Waals surface area contributed by atoms with E-state index in [1.165, 1.54) is 11.8 Å². The molecule has 25 heavy (non-hydrogen) atoms. The fourth-order valence-electron chi connectivity index (χ4n) is 2.12. The zero-order valence-electron chi connectivity index (χ0n) is 14.3. The highest BCUT2D eigenvalue weighted by Crippen LogP contribution is 2.20. The number of methoxy groups -OCH3 is 1. The number of benzene rings is 2. The Morgan fingerprint density at radius 3 is 2.52 bits per heavy atom. The number of halogens is 1. The Balaban J connectivity index is 1.66. The van der Waals surface area contributed by atoms with Gasteiger partial charge in [-0.2, -0.15) is 0 Å². The molecule has 2 aromatic carbocycles. The van der Waals surface area contributed by atoms with Crippen LogP contribution in [0, 0.1) is 0 Å². The fraction of sp³-hybridized carbons (Fsp3) is 0.316. The number of rotatable bonds is 9. The number of amides is 1. The van der Waals surface area contributed by atoms with Crippen LogP contribution in [-0.2, 0) is 10.5 Å². The highest BCUT2D eigenvalue weighted by atomic mass is 35.5. The zero-order valence-corrected chi connectivity index (χ0v) is 15.9. The van der Waals surface area contributed by atoms with Crippen molar-refractivity contribution in [3.8, 4) is 11.5 Å². The van der Waals surface area contributed by atoms with Gasteiger partial charge in [-0.1, -0.05) is 29.8 Å². The van der Waals surface area contributed by atoms with Crippen molar-refractivity contribution in [1.29, 1.82) is 0 Å². The number of carbonyl (C=O) groups excluding carboxylic acids is 1. The summed E-state index contributed by atoms with van der Waals surface area (Å²) in [6, 6.07) is 15.0. The van der Waals surface area contributed by atoms with Crippen LogP contribution >= 0.6 is 23.4 Å². The Morgan fingerprint density at radius 1 is 1.16 bits per heavy atom. The number of ether oxygens (including phenoxy) is 2. The first kappa shape index (κ1) is 19.5. The van der Waals surface area contributed by atoms with Crippen LogP contribution in [0.4, 0.5) is 0 Å². The summed E-state index contributed by atoms with van der Waals surface area (Å²) < 4.78 is 10.8. The van der Waals surface area contributed by atoms with Gasteiger partial charge in [0.25, 0.3) is 0 Å². The summed E-state index contributed by atoms with van der Waals surface area (Å²) in [5.74, 6) is 2.61. The molecule has 1 N–H and O–H groups in total. The first-order valence-corrected chi connectivity index (χ1v) is 9.49. The molecule has 0 aromatic heterocycles. The summed E-state index contributed by atoms with van der Waals surface area (Å²) in [4.78, 5) is 12.0. The van der Waals surface area contributed by atoms with Gasteiger partial charge in [-0.15, -0.1) is 11.8 Å². The second-order valence-electron chi connectivity index (χ2n) is 5.54. The quantitative estimate of drug-likeness (QED) is 0.710. The van der Waals surface area contributed by atoms with E-state index in [9.17, 15) is 4.79 Å². The molecule has 134 valence electrons. The Hall–Kier alpha value is -1.85. The molecular formula is C19H22ClNO3S. The van der Waals surface area contributed by atoms with Crippen molar-refractivity contribution in [2.24, 2.45) is 0 Å². The molecule has 6 heteroatoms. The molecular weight excluding hydrogens is 358 g/mol. The lowest BCUT2D eigenvalue weighted by Gasteiger charge is -2.15. The molecule has 0 saturated heterocycles. The topological polar surface area (TPSA) is 47.6 Å². The number of carbonyl (C=O) groups is 1. The molecule has 0 saturated carbocycles. The van der Waals surface area contributed by atoms with Crippen molar-refractivity contribution in [1.82, 2.24) is 5.32 Å². The van der Waals surface area contributed by atoms with Gasteiger partial charge in [-0.25, -0.2) is 0 Å². The molecule has 0 aliphatic rings. The Labute approximate surface area is 157 Å². The van der Waals surface area contributed by atoms with E-state index < -0.39 is 0 Å². The molecule has 0 spiro atoms. The molecule has 0 unspecified atom stereocenters. The third kappa shape index (κ3) is 6.88. The van der Waals surface area contributed by atoms with Crippen molar-refractivity contribution < 1.29 is 14.3 Å². The third-order valence-corrected chi connectivity index (χ3v) is 4.77. The van der Waals surface area contributed by atoms with Crippen LogP contribution in [0.5, 0.6) is 11.5 Å². The van der Waals surface area contributed by atoms with Gasteiger partial charge in [-0.3, -0.25) is 4.79 Å². The van der Waals surface area contributed by atoms with E-state index in [1.54, 1.807) is 7.11 Å². The summed E-state index contributed by atoms with van der Waals surface area (Å²) in [5, 5.41) is 3.66. The predicted octanol–water partition coefficient (Wildman–Crippen LogP) is 4.17. The van der Waals surface area contributed by atoms with Gasteiger partial charge in [0.15, 0.2) is 0 Å². The summed E-state index contributed by atoms with van der Waals surface area (Å²) in [6.45, 7) is 2.33. The van der Waals surface area contributed by atoms with Gasteiger partial charge < -0.3 is 14.8 Å². The summed E-state index contributed by atoms with van der Waals surface area (Å²) >= 11 is 7.64. The van der Waals surface area contributed by atoms with Crippen molar-refractivity contribution >= 4 is 29.3 Å². The minimum atomic E-state index is -0.0736. The zero-order chi connectivity index (χ0) is 18.1. The van der Waals surface area contributed by atoms with Crippen LogP contribution < -0.4 is 14.8 Å². The van der Waals surface area contributed by atoms with E-state index in [2.05, 4.69) is 5.32 Å². The molecule has 0 fully saturated rings. The molecule has 0 bridgehead atoms. The van der Waals surface area contributed by atoms with E-state index in [-0.39, 0.29) is 11.9 Å². The smallest absolute Gasteiger partial charge is 0.230 e. The van der Waals surface area contributed by atoms with E-state index in [4.69, 9.17) is 21.1 Å². The molecule has 0 aliphatic carbocycles. The number of hydrogen-bond acceptors (Lipinski definition) is 4. The molecule has 2 rings (SSSR count). The fourth-order valence-corrected chi connectivity index (χ4v) is 3.24. The Kier molecular flexibility index (Phi) is 7.95. The largest absolute Gasteiger partial charge is 0.497 e. The molecule has 0 aliphatic heterocycles. The minimum absolute atomic E-state index is 0.0112. The molecule has 0 radical (unpaired) electrons. The molecule has 2 aromatic rings. The summed E-state index contributed by atoms with van der Waals surface area (Å²) in [6.07, 6.45) is 0. The van der Waals surface area contributed by atoms with Crippen LogP contribution in [0.15, 0.2) is 48.5 Å². The first-order valence-electron chi connectivity index (χ1n) is 7.96. The maximum atomic E-state index is 12.0. The highest BCUT2D eigenvalue weighted by molar-refractivity contribution is 7.99. The van der Waals surface area contributed by atoms with Crippen LogP contribution in [0.1, 0.15) is 12.5 Å².